The van der Waals surface area contributed by atoms with Crippen molar-refractivity contribution >= 4 is 29.9 Å². The smallest absolute Gasteiger partial charge is 0.191 e. The van der Waals surface area contributed by atoms with Gasteiger partial charge in [0.1, 0.15) is 0 Å². The molecule has 1 aromatic rings. The molecule has 0 aliphatic heterocycles. The van der Waals surface area contributed by atoms with Gasteiger partial charge in [0.25, 0.3) is 0 Å². The van der Waals surface area contributed by atoms with Gasteiger partial charge in [-0.05, 0) is 33.0 Å². The van der Waals surface area contributed by atoms with E-state index in [2.05, 4.69) is 72.7 Å². The van der Waals surface area contributed by atoms with E-state index in [1.165, 1.54) is 11.1 Å². The third-order valence-corrected chi connectivity index (χ3v) is 3.31. The van der Waals surface area contributed by atoms with Crippen molar-refractivity contribution in [1.29, 1.82) is 0 Å². The van der Waals surface area contributed by atoms with Crippen LogP contribution < -0.4 is 10.6 Å². The first kappa shape index (κ1) is 20.2. The number of benzene rings is 1. The van der Waals surface area contributed by atoms with Crippen LogP contribution in [0.2, 0.25) is 0 Å². The van der Waals surface area contributed by atoms with Crippen molar-refractivity contribution in [2.45, 2.75) is 26.3 Å². The molecule has 5 heteroatoms. The number of aryl methyl sites for hydroxylation is 1. The topological polar surface area (TPSA) is 39.7 Å². The molecule has 0 fully saturated rings. The number of nitrogens with zero attached hydrogens (tertiary/aromatic N) is 2. The van der Waals surface area contributed by atoms with Crippen LogP contribution >= 0.6 is 24.0 Å². The monoisotopic (exact) mass is 404 g/mol. The lowest BCUT2D eigenvalue weighted by molar-refractivity contribution is 0.298. The molecule has 0 radical (unpaired) electrons. The first-order chi connectivity index (χ1) is 9.58. The fourth-order valence-corrected chi connectivity index (χ4v) is 2.04. The Morgan fingerprint density at radius 1 is 1.19 bits per heavy atom. The Morgan fingerprint density at radius 2 is 1.81 bits per heavy atom. The Bertz CT molecular complexity index is 415. The number of likely N-dealkylation sites (N-methyl/N-ethyl adjacent to an activating group) is 1. The Morgan fingerprint density at radius 3 is 2.29 bits per heavy atom. The van der Waals surface area contributed by atoms with E-state index >= 15 is 0 Å². The number of halogens is 1. The molecule has 120 valence electrons. The van der Waals surface area contributed by atoms with Gasteiger partial charge in [-0.1, -0.05) is 36.8 Å². The van der Waals surface area contributed by atoms with Crippen molar-refractivity contribution in [3.63, 3.8) is 0 Å². The van der Waals surface area contributed by atoms with Crippen LogP contribution in [0.25, 0.3) is 0 Å². The van der Waals surface area contributed by atoms with Crippen molar-refractivity contribution < 1.29 is 0 Å². The van der Waals surface area contributed by atoms with Crippen molar-refractivity contribution in [1.82, 2.24) is 15.5 Å². The molecule has 1 rings (SSSR count). The summed E-state index contributed by atoms with van der Waals surface area (Å²) in [5, 5.41) is 6.69. The number of nitrogens with one attached hydrogen (secondary N) is 2. The normalized spacial score (nSPS) is 12.8. The molecular weight excluding hydrogens is 375 g/mol. The Balaban J connectivity index is 0.00000400. The summed E-state index contributed by atoms with van der Waals surface area (Å²) in [7, 11) is 6.02. The maximum atomic E-state index is 4.24. The van der Waals surface area contributed by atoms with Crippen molar-refractivity contribution in [3.05, 3.63) is 35.4 Å². The molecule has 0 saturated carbocycles. The fraction of sp³-hybridized carbons (Fsp3) is 0.562. The molecule has 2 N–H and O–H groups in total. The minimum Gasteiger partial charge on any atom is -0.356 e. The first-order valence-corrected chi connectivity index (χ1v) is 7.26. The van der Waals surface area contributed by atoms with Crippen molar-refractivity contribution in [2.24, 2.45) is 4.99 Å². The lowest BCUT2D eigenvalue weighted by Gasteiger charge is -2.26. The van der Waals surface area contributed by atoms with E-state index in [4.69, 9.17) is 0 Å². The standard InChI is InChI=1S/C16H28N4.HI/c1-6-11-18-16(17-3)19-12-15(20(4)5)14-9-7-13(2)8-10-14;/h7-10,15H,6,11-12H2,1-5H3,(H2,17,18,19);1H. The maximum Gasteiger partial charge on any atom is 0.191 e. The molecule has 21 heavy (non-hydrogen) atoms. The number of aliphatic imine (C=N–C) groups is 1. The maximum absolute atomic E-state index is 4.24. The van der Waals surface area contributed by atoms with Gasteiger partial charge in [0.15, 0.2) is 5.96 Å². The molecule has 0 spiro atoms. The van der Waals surface area contributed by atoms with Crippen LogP contribution in [0.5, 0.6) is 0 Å². The molecule has 0 aliphatic rings. The summed E-state index contributed by atoms with van der Waals surface area (Å²) < 4.78 is 0. The van der Waals surface area contributed by atoms with Crippen LogP contribution in [-0.2, 0) is 0 Å². The molecule has 0 heterocycles. The summed E-state index contributed by atoms with van der Waals surface area (Å²) in [6.45, 7) is 6.04. The summed E-state index contributed by atoms with van der Waals surface area (Å²) in [5.41, 5.74) is 2.61. The van der Waals surface area contributed by atoms with Crippen LogP contribution in [0.15, 0.2) is 29.3 Å². The third-order valence-electron chi connectivity index (χ3n) is 3.31. The van der Waals surface area contributed by atoms with E-state index in [0.717, 1.165) is 25.5 Å². The SMILES string of the molecule is CCCNC(=NC)NCC(c1ccc(C)cc1)N(C)C.I. The highest BCUT2D eigenvalue weighted by molar-refractivity contribution is 14.0. The van der Waals surface area contributed by atoms with Crippen molar-refractivity contribution in [2.75, 3.05) is 34.2 Å². The zero-order valence-electron chi connectivity index (χ0n) is 13.8. The summed E-state index contributed by atoms with van der Waals surface area (Å²) in [5.74, 6) is 0.866. The van der Waals surface area contributed by atoms with Gasteiger partial charge in [-0.25, -0.2) is 0 Å². The molecule has 0 amide bonds. The van der Waals surface area contributed by atoms with Gasteiger partial charge in [0.05, 0.1) is 6.04 Å². The van der Waals surface area contributed by atoms with E-state index in [1.54, 1.807) is 0 Å². The van der Waals surface area contributed by atoms with E-state index in [-0.39, 0.29) is 24.0 Å². The number of hydrogen-bond acceptors (Lipinski definition) is 2. The number of rotatable bonds is 6. The second-order valence-electron chi connectivity index (χ2n) is 5.27. The summed E-state index contributed by atoms with van der Waals surface area (Å²) in [6, 6.07) is 9.05. The van der Waals surface area contributed by atoms with E-state index in [0.29, 0.717) is 6.04 Å². The highest BCUT2D eigenvalue weighted by atomic mass is 127. The van der Waals surface area contributed by atoms with Crippen LogP contribution in [-0.4, -0.2) is 45.1 Å². The van der Waals surface area contributed by atoms with E-state index < -0.39 is 0 Å². The predicted octanol–water partition coefficient (Wildman–Crippen LogP) is 2.79. The molecule has 1 atom stereocenters. The van der Waals surface area contributed by atoms with Gasteiger partial charge < -0.3 is 15.5 Å². The van der Waals surface area contributed by atoms with Crippen LogP contribution in [0.4, 0.5) is 0 Å². The van der Waals surface area contributed by atoms with E-state index in [9.17, 15) is 0 Å². The lowest BCUT2D eigenvalue weighted by Crippen LogP contribution is -2.41. The molecule has 1 unspecified atom stereocenters. The summed E-state index contributed by atoms with van der Waals surface area (Å²) in [6.07, 6.45) is 1.09. The molecule has 0 bridgehead atoms. The second kappa shape index (κ2) is 10.8. The molecule has 0 aromatic heterocycles. The van der Waals surface area contributed by atoms with Gasteiger partial charge in [-0.15, -0.1) is 24.0 Å². The van der Waals surface area contributed by atoms with Crippen LogP contribution in [0, 0.1) is 6.92 Å². The Hall–Kier alpha value is -0.820. The van der Waals surface area contributed by atoms with Gasteiger partial charge in [0.2, 0.25) is 0 Å². The van der Waals surface area contributed by atoms with Gasteiger partial charge in [-0.3, -0.25) is 4.99 Å². The number of guanidine groups is 1. The largest absolute Gasteiger partial charge is 0.356 e. The minimum atomic E-state index is 0. The molecule has 0 saturated heterocycles. The van der Waals surface area contributed by atoms with E-state index in [1.807, 2.05) is 7.05 Å². The fourth-order valence-electron chi connectivity index (χ4n) is 2.04. The van der Waals surface area contributed by atoms with Gasteiger partial charge in [-0.2, -0.15) is 0 Å². The first-order valence-electron chi connectivity index (χ1n) is 7.26. The quantitative estimate of drug-likeness (QED) is 0.435. The molecule has 1 aromatic carbocycles. The molecule has 4 nitrogen and oxygen atoms in total. The van der Waals surface area contributed by atoms with Gasteiger partial charge in [0, 0.05) is 20.1 Å². The Kier molecular flexibility index (Phi) is 10.4. The summed E-state index contributed by atoms with van der Waals surface area (Å²) >= 11 is 0. The zero-order valence-corrected chi connectivity index (χ0v) is 16.1. The highest BCUT2D eigenvalue weighted by Gasteiger charge is 2.14. The zero-order chi connectivity index (χ0) is 15.0. The number of hydrogen-bond donors (Lipinski definition) is 2. The van der Waals surface area contributed by atoms with Crippen LogP contribution in [0.1, 0.15) is 30.5 Å². The Labute approximate surface area is 146 Å². The average molecular weight is 404 g/mol. The minimum absolute atomic E-state index is 0. The molecule has 0 aliphatic carbocycles. The third kappa shape index (κ3) is 7.13. The average Bonchev–Trinajstić information content (AvgIpc) is 2.44. The second-order valence-corrected chi connectivity index (χ2v) is 5.27. The van der Waals surface area contributed by atoms with Gasteiger partial charge >= 0.3 is 0 Å². The predicted molar refractivity (Wildman–Crippen MR) is 103 cm³/mol. The lowest BCUT2D eigenvalue weighted by atomic mass is 10.0. The molecular formula is C16H29IN4. The van der Waals surface area contributed by atoms with Crippen LogP contribution in [0.3, 0.4) is 0 Å². The highest BCUT2D eigenvalue weighted by Crippen LogP contribution is 2.17. The summed E-state index contributed by atoms with van der Waals surface area (Å²) in [4.78, 5) is 6.47. The van der Waals surface area contributed by atoms with Crippen molar-refractivity contribution in [3.8, 4) is 0 Å².